The summed E-state index contributed by atoms with van der Waals surface area (Å²) in [5.74, 6) is 0.933. The molecule has 8 heteroatoms. The average molecular weight is 336 g/mol. The maximum atomic E-state index is 13.2. The molecule has 3 aromatic rings. The number of halogens is 3. The normalized spacial score (nSPS) is 11.9. The summed E-state index contributed by atoms with van der Waals surface area (Å²) in [5.41, 5.74) is 0.938. The quantitative estimate of drug-likeness (QED) is 0.722. The second-order valence-corrected chi connectivity index (χ2v) is 5.43. The summed E-state index contributed by atoms with van der Waals surface area (Å²) in [4.78, 5) is 4.39. The van der Waals surface area contributed by atoms with Gasteiger partial charge in [-0.1, -0.05) is 18.1 Å². The second kappa shape index (κ2) is 5.77. The third-order valence-electron chi connectivity index (χ3n) is 3.73. The molecular weight excluding hydrogens is 321 g/mol. The summed E-state index contributed by atoms with van der Waals surface area (Å²) in [6.07, 6.45) is -2.46. The number of hydrogen-bond donors (Lipinski definition) is 0. The third kappa shape index (κ3) is 2.79. The number of hydrogen-bond acceptors (Lipinski definition) is 4. The van der Waals surface area contributed by atoms with E-state index in [0.29, 0.717) is 29.3 Å². The van der Waals surface area contributed by atoms with E-state index in [0.717, 1.165) is 6.07 Å². The molecule has 0 fully saturated rings. The molecule has 0 radical (unpaired) electrons. The van der Waals surface area contributed by atoms with Gasteiger partial charge in [0.1, 0.15) is 6.26 Å². The van der Waals surface area contributed by atoms with Crippen LogP contribution < -0.4 is 0 Å². The molecule has 0 saturated heterocycles. The second-order valence-electron chi connectivity index (χ2n) is 5.43. The van der Waals surface area contributed by atoms with Crippen LogP contribution in [0.5, 0.6) is 0 Å². The number of aryl methyl sites for hydroxylation is 3. The highest BCUT2D eigenvalue weighted by Gasteiger charge is 2.33. The molecular formula is C16H15F3N4O. The Labute approximate surface area is 136 Å². The molecule has 1 aromatic carbocycles. The van der Waals surface area contributed by atoms with Crippen molar-refractivity contribution in [2.75, 3.05) is 0 Å². The van der Waals surface area contributed by atoms with Crippen LogP contribution in [0.2, 0.25) is 0 Å². The Hall–Kier alpha value is -2.64. The maximum absolute atomic E-state index is 13.2. The van der Waals surface area contributed by atoms with Gasteiger partial charge in [0, 0.05) is 6.42 Å². The van der Waals surface area contributed by atoms with Crippen LogP contribution in [0.1, 0.15) is 29.6 Å². The van der Waals surface area contributed by atoms with E-state index in [9.17, 15) is 13.2 Å². The van der Waals surface area contributed by atoms with Crippen molar-refractivity contribution in [1.82, 2.24) is 19.9 Å². The topological polar surface area (TPSA) is 56.7 Å². The molecule has 0 spiro atoms. The molecule has 2 aromatic heterocycles. The smallest absolute Gasteiger partial charge is 0.364 e. The Bertz CT molecular complexity index is 880. The summed E-state index contributed by atoms with van der Waals surface area (Å²) >= 11 is 0. The Morgan fingerprint density at radius 1 is 1.21 bits per heavy atom. The van der Waals surface area contributed by atoms with Crippen LogP contribution in [-0.2, 0) is 12.6 Å². The molecule has 24 heavy (non-hydrogen) atoms. The zero-order chi connectivity index (χ0) is 17.5. The number of nitrogens with zero attached hydrogens (tertiary/aromatic N) is 4. The molecule has 0 saturated carbocycles. The average Bonchev–Trinajstić information content (AvgIpc) is 3.12. The predicted octanol–water partition coefficient (Wildman–Crippen LogP) is 4.12. The van der Waals surface area contributed by atoms with Crippen molar-refractivity contribution in [1.29, 1.82) is 0 Å². The molecule has 0 aliphatic carbocycles. The monoisotopic (exact) mass is 336 g/mol. The van der Waals surface area contributed by atoms with Crippen molar-refractivity contribution < 1.29 is 17.7 Å². The third-order valence-corrected chi connectivity index (χ3v) is 3.73. The van der Waals surface area contributed by atoms with Gasteiger partial charge >= 0.3 is 6.18 Å². The van der Waals surface area contributed by atoms with Crippen molar-refractivity contribution >= 4 is 0 Å². The highest BCUT2D eigenvalue weighted by molar-refractivity contribution is 5.59. The van der Waals surface area contributed by atoms with E-state index in [1.165, 1.54) is 23.9 Å². The highest BCUT2D eigenvalue weighted by atomic mass is 19.4. The first-order valence-electron chi connectivity index (χ1n) is 7.36. The summed E-state index contributed by atoms with van der Waals surface area (Å²) in [6, 6.07) is 4.09. The summed E-state index contributed by atoms with van der Waals surface area (Å²) < 4.78 is 45.9. The molecule has 2 heterocycles. The number of benzene rings is 1. The number of alkyl halides is 3. The van der Waals surface area contributed by atoms with E-state index in [1.54, 1.807) is 13.0 Å². The maximum Gasteiger partial charge on any atom is 0.416 e. The summed E-state index contributed by atoms with van der Waals surface area (Å²) in [5, 5.41) is 8.12. The molecule has 3 rings (SSSR count). The molecule has 0 unspecified atom stereocenters. The van der Waals surface area contributed by atoms with E-state index >= 15 is 0 Å². The Balaban J connectivity index is 2.20. The van der Waals surface area contributed by atoms with Crippen LogP contribution in [-0.4, -0.2) is 19.9 Å². The largest absolute Gasteiger partial charge is 0.416 e. The van der Waals surface area contributed by atoms with Gasteiger partial charge in [-0.2, -0.15) is 18.3 Å². The SMILES string of the molecule is CCc1nc(-c2conc2C)n(-c2ccc(C)c(C(F)(F)F)c2)n1. The van der Waals surface area contributed by atoms with Gasteiger partial charge in [0.25, 0.3) is 0 Å². The molecule has 0 N–H and O–H groups in total. The molecule has 0 aliphatic heterocycles. The van der Waals surface area contributed by atoms with E-state index in [1.807, 2.05) is 6.92 Å². The number of aromatic nitrogens is 4. The van der Waals surface area contributed by atoms with Crippen LogP contribution in [0.15, 0.2) is 29.0 Å². The van der Waals surface area contributed by atoms with Crippen LogP contribution in [0.25, 0.3) is 17.1 Å². The predicted molar refractivity (Wildman–Crippen MR) is 80.7 cm³/mol. The van der Waals surface area contributed by atoms with Crippen molar-refractivity contribution in [2.45, 2.75) is 33.4 Å². The van der Waals surface area contributed by atoms with Crippen LogP contribution in [0, 0.1) is 13.8 Å². The molecule has 126 valence electrons. The van der Waals surface area contributed by atoms with Gasteiger partial charge in [0.15, 0.2) is 11.6 Å². The van der Waals surface area contributed by atoms with Crippen molar-refractivity contribution in [2.24, 2.45) is 0 Å². The van der Waals surface area contributed by atoms with E-state index in [-0.39, 0.29) is 11.3 Å². The number of rotatable bonds is 3. The lowest BCUT2D eigenvalue weighted by molar-refractivity contribution is -0.138. The highest BCUT2D eigenvalue weighted by Crippen LogP contribution is 2.34. The van der Waals surface area contributed by atoms with E-state index < -0.39 is 11.7 Å². The summed E-state index contributed by atoms with van der Waals surface area (Å²) in [6.45, 7) is 5.04. The van der Waals surface area contributed by atoms with Crippen LogP contribution >= 0.6 is 0 Å². The minimum absolute atomic E-state index is 0.157. The zero-order valence-electron chi connectivity index (χ0n) is 13.3. The molecule has 0 aliphatic rings. The lowest BCUT2D eigenvalue weighted by atomic mass is 10.1. The van der Waals surface area contributed by atoms with Crippen molar-refractivity contribution in [3.05, 3.63) is 47.1 Å². The van der Waals surface area contributed by atoms with E-state index in [4.69, 9.17) is 4.52 Å². The molecule has 5 nitrogen and oxygen atoms in total. The lowest BCUT2D eigenvalue weighted by Crippen LogP contribution is -2.09. The van der Waals surface area contributed by atoms with Gasteiger partial charge in [-0.25, -0.2) is 9.67 Å². The van der Waals surface area contributed by atoms with Crippen molar-refractivity contribution in [3.8, 4) is 17.1 Å². The van der Waals surface area contributed by atoms with Gasteiger partial charge in [-0.05, 0) is 31.5 Å². The lowest BCUT2D eigenvalue weighted by Gasteiger charge is -2.12. The van der Waals surface area contributed by atoms with E-state index in [2.05, 4.69) is 15.2 Å². The first-order chi connectivity index (χ1) is 11.3. The van der Waals surface area contributed by atoms with Gasteiger partial charge < -0.3 is 4.52 Å². The summed E-state index contributed by atoms with van der Waals surface area (Å²) in [7, 11) is 0. The fraction of sp³-hybridized carbons (Fsp3) is 0.312. The molecule has 0 atom stereocenters. The Morgan fingerprint density at radius 2 is 1.96 bits per heavy atom. The fourth-order valence-corrected chi connectivity index (χ4v) is 2.41. The van der Waals surface area contributed by atoms with Gasteiger partial charge in [-0.15, -0.1) is 0 Å². The van der Waals surface area contributed by atoms with Gasteiger partial charge in [-0.3, -0.25) is 0 Å². The molecule has 0 bridgehead atoms. The van der Waals surface area contributed by atoms with Gasteiger partial charge in [0.2, 0.25) is 0 Å². The minimum atomic E-state index is -4.43. The van der Waals surface area contributed by atoms with Crippen molar-refractivity contribution in [3.63, 3.8) is 0 Å². The standard InChI is InChI=1S/C16H15F3N4O/c1-4-14-20-15(12-8-24-22-10(12)3)23(21-14)11-6-5-9(2)13(7-11)16(17,18)19/h5-8H,4H2,1-3H3. The van der Waals surface area contributed by atoms with Crippen LogP contribution in [0.3, 0.4) is 0 Å². The molecule has 0 amide bonds. The van der Waals surface area contributed by atoms with Crippen LogP contribution in [0.4, 0.5) is 13.2 Å². The Morgan fingerprint density at radius 3 is 2.54 bits per heavy atom. The fourth-order valence-electron chi connectivity index (χ4n) is 2.41. The zero-order valence-corrected chi connectivity index (χ0v) is 13.3. The first-order valence-corrected chi connectivity index (χ1v) is 7.36. The first kappa shape index (κ1) is 16.2. The van der Waals surface area contributed by atoms with Gasteiger partial charge in [0.05, 0.1) is 22.5 Å². The Kier molecular flexibility index (Phi) is 3.90. The minimum Gasteiger partial charge on any atom is -0.364 e.